The Morgan fingerprint density at radius 3 is 2.29 bits per heavy atom. The van der Waals surface area contributed by atoms with Crippen molar-refractivity contribution in [2.75, 3.05) is 36.0 Å². The van der Waals surface area contributed by atoms with Crippen LogP contribution in [0.4, 0.5) is 11.8 Å². The lowest BCUT2D eigenvalue weighted by Gasteiger charge is -2.35. The first-order chi connectivity index (χ1) is 15.4. The van der Waals surface area contributed by atoms with E-state index in [1.807, 2.05) is 59.2 Å². The summed E-state index contributed by atoms with van der Waals surface area (Å²) in [5, 5.41) is 5.82. The molecule has 0 saturated carbocycles. The molecular formula is C23H20N8. The van der Waals surface area contributed by atoms with Gasteiger partial charge in [0.1, 0.15) is 5.82 Å². The minimum Gasteiger partial charge on any atom is -0.353 e. The van der Waals surface area contributed by atoms with Gasteiger partial charge in [0.25, 0.3) is 0 Å². The summed E-state index contributed by atoms with van der Waals surface area (Å²) < 4.78 is 1.88. The molecule has 0 amide bonds. The number of piperazine rings is 1. The maximum Gasteiger partial charge on any atom is 0.229 e. The molecule has 0 aliphatic carbocycles. The van der Waals surface area contributed by atoms with Crippen molar-refractivity contribution in [1.82, 2.24) is 29.5 Å². The molecule has 8 heteroatoms. The maximum atomic E-state index is 4.97. The van der Waals surface area contributed by atoms with Gasteiger partial charge in [-0.15, -0.1) is 5.10 Å². The largest absolute Gasteiger partial charge is 0.353 e. The van der Waals surface area contributed by atoms with Gasteiger partial charge in [-0.2, -0.15) is 4.52 Å². The molecule has 5 aromatic rings. The lowest BCUT2D eigenvalue weighted by molar-refractivity contribution is 0.627. The van der Waals surface area contributed by atoms with Crippen molar-refractivity contribution in [3.05, 3.63) is 73.2 Å². The van der Waals surface area contributed by atoms with Crippen LogP contribution in [0.5, 0.6) is 0 Å². The van der Waals surface area contributed by atoms with Crippen LogP contribution in [0.15, 0.2) is 73.2 Å². The molecule has 0 N–H and O–H groups in total. The van der Waals surface area contributed by atoms with Gasteiger partial charge in [-0.25, -0.2) is 15.0 Å². The molecular weight excluding hydrogens is 388 g/mol. The Balaban J connectivity index is 1.41. The lowest BCUT2D eigenvalue weighted by Crippen LogP contribution is -2.47. The van der Waals surface area contributed by atoms with Gasteiger partial charge in [0.2, 0.25) is 5.95 Å². The predicted molar refractivity (Wildman–Crippen MR) is 120 cm³/mol. The third-order valence-electron chi connectivity index (χ3n) is 5.64. The molecule has 8 nitrogen and oxygen atoms in total. The number of aromatic nitrogens is 6. The van der Waals surface area contributed by atoms with E-state index < -0.39 is 0 Å². The van der Waals surface area contributed by atoms with Crippen LogP contribution in [-0.4, -0.2) is 55.7 Å². The molecule has 4 aromatic heterocycles. The molecule has 0 atom stereocenters. The smallest absolute Gasteiger partial charge is 0.229 e. The molecule has 6 rings (SSSR count). The van der Waals surface area contributed by atoms with Crippen LogP contribution in [0.2, 0.25) is 0 Å². The third kappa shape index (κ3) is 3.13. The van der Waals surface area contributed by atoms with Crippen molar-refractivity contribution in [2.45, 2.75) is 0 Å². The van der Waals surface area contributed by atoms with E-state index in [1.54, 1.807) is 12.4 Å². The number of benzene rings is 1. The molecule has 1 aliphatic rings. The van der Waals surface area contributed by atoms with Gasteiger partial charge in [-0.05, 0) is 36.4 Å². The fourth-order valence-corrected chi connectivity index (χ4v) is 4.05. The van der Waals surface area contributed by atoms with Gasteiger partial charge in [-0.3, -0.25) is 4.98 Å². The average molecular weight is 408 g/mol. The standard InChI is InChI=1S/C23H20N8/c1-2-6-19-18(5-1)22-27-21(17-8-11-24-12-9-17)28-31(22)23(26-19)30-15-13-29(14-16-30)20-7-3-4-10-25-20/h1-12H,13-16H2. The number of pyridine rings is 2. The second-order valence-corrected chi connectivity index (χ2v) is 7.50. The SMILES string of the molecule is c1ccc(N2CCN(c3nc4ccccc4c4nc(-c5ccncc5)nn34)CC2)nc1. The van der Waals surface area contributed by atoms with E-state index >= 15 is 0 Å². The Morgan fingerprint density at radius 1 is 0.710 bits per heavy atom. The van der Waals surface area contributed by atoms with E-state index in [4.69, 9.17) is 15.1 Å². The van der Waals surface area contributed by atoms with E-state index in [9.17, 15) is 0 Å². The second-order valence-electron chi connectivity index (χ2n) is 7.50. The highest BCUT2D eigenvalue weighted by Gasteiger charge is 2.23. The van der Waals surface area contributed by atoms with Crippen LogP contribution in [0.1, 0.15) is 0 Å². The zero-order valence-corrected chi connectivity index (χ0v) is 16.8. The topological polar surface area (TPSA) is 75.3 Å². The van der Waals surface area contributed by atoms with Crippen LogP contribution in [-0.2, 0) is 0 Å². The van der Waals surface area contributed by atoms with Crippen LogP contribution in [0, 0.1) is 0 Å². The Labute approximate surface area is 178 Å². The minimum atomic E-state index is 0.675. The molecule has 0 bridgehead atoms. The number of hydrogen-bond donors (Lipinski definition) is 0. The van der Waals surface area contributed by atoms with Gasteiger partial charge in [-0.1, -0.05) is 18.2 Å². The normalized spacial score (nSPS) is 14.5. The average Bonchev–Trinajstić information content (AvgIpc) is 3.31. The molecule has 1 fully saturated rings. The number of rotatable bonds is 3. The van der Waals surface area contributed by atoms with Crippen molar-refractivity contribution in [3.63, 3.8) is 0 Å². The Kier molecular flexibility index (Phi) is 4.19. The first-order valence-electron chi connectivity index (χ1n) is 10.3. The Hall–Kier alpha value is -4.07. The minimum absolute atomic E-state index is 0.675. The zero-order chi connectivity index (χ0) is 20.6. The highest BCUT2D eigenvalue weighted by molar-refractivity contribution is 5.93. The van der Waals surface area contributed by atoms with Gasteiger partial charge in [0, 0.05) is 55.7 Å². The zero-order valence-electron chi connectivity index (χ0n) is 16.8. The molecule has 0 unspecified atom stereocenters. The highest BCUT2D eigenvalue weighted by atomic mass is 15.4. The first kappa shape index (κ1) is 17.8. The van der Waals surface area contributed by atoms with Gasteiger partial charge < -0.3 is 9.80 Å². The maximum absolute atomic E-state index is 4.97. The monoisotopic (exact) mass is 408 g/mol. The number of fused-ring (bicyclic) bond motifs is 3. The number of para-hydroxylation sites is 1. The molecule has 0 radical (unpaired) electrons. The van der Waals surface area contributed by atoms with Crippen molar-refractivity contribution in [3.8, 4) is 11.4 Å². The van der Waals surface area contributed by atoms with E-state index in [1.165, 1.54) is 0 Å². The first-order valence-corrected chi connectivity index (χ1v) is 10.3. The predicted octanol–water partition coefficient (Wildman–Crippen LogP) is 3.06. The summed E-state index contributed by atoms with van der Waals surface area (Å²) in [5.74, 6) is 2.51. The van der Waals surface area contributed by atoms with E-state index in [0.29, 0.717) is 5.82 Å². The summed E-state index contributed by atoms with van der Waals surface area (Å²) in [4.78, 5) is 23.0. The quantitative estimate of drug-likeness (QED) is 0.454. The fraction of sp³-hybridized carbons (Fsp3) is 0.174. The fourth-order valence-electron chi connectivity index (χ4n) is 4.05. The number of nitrogens with zero attached hydrogens (tertiary/aromatic N) is 8. The molecule has 1 aliphatic heterocycles. The third-order valence-corrected chi connectivity index (χ3v) is 5.64. The molecule has 5 heterocycles. The second kappa shape index (κ2) is 7.32. The molecule has 0 spiro atoms. The van der Waals surface area contributed by atoms with Crippen molar-refractivity contribution >= 4 is 28.3 Å². The summed E-state index contributed by atoms with van der Waals surface area (Å²) in [6.45, 7) is 3.42. The summed E-state index contributed by atoms with van der Waals surface area (Å²) in [5.41, 5.74) is 2.68. The van der Waals surface area contributed by atoms with Gasteiger partial charge >= 0.3 is 0 Å². The summed E-state index contributed by atoms with van der Waals surface area (Å²) >= 11 is 0. The van der Waals surface area contributed by atoms with Crippen molar-refractivity contribution in [1.29, 1.82) is 0 Å². The molecule has 31 heavy (non-hydrogen) atoms. The van der Waals surface area contributed by atoms with Crippen LogP contribution in [0.25, 0.3) is 27.9 Å². The Bertz CT molecular complexity index is 1340. The van der Waals surface area contributed by atoms with Crippen molar-refractivity contribution in [2.24, 2.45) is 0 Å². The van der Waals surface area contributed by atoms with E-state index in [-0.39, 0.29) is 0 Å². The summed E-state index contributed by atoms with van der Waals surface area (Å²) in [6.07, 6.45) is 5.36. The lowest BCUT2D eigenvalue weighted by atomic mass is 10.2. The summed E-state index contributed by atoms with van der Waals surface area (Å²) in [6, 6.07) is 18.0. The number of hydrogen-bond acceptors (Lipinski definition) is 7. The van der Waals surface area contributed by atoms with Crippen molar-refractivity contribution < 1.29 is 0 Å². The molecule has 1 saturated heterocycles. The van der Waals surface area contributed by atoms with Crippen LogP contribution in [0.3, 0.4) is 0 Å². The van der Waals surface area contributed by atoms with E-state index in [0.717, 1.165) is 60.1 Å². The summed E-state index contributed by atoms with van der Waals surface area (Å²) in [7, 11) is 0. The Morgan fingerprint density at radius 2 is 1.48 bits per heavy atom. The van der Waals surface area contributed by atoms with Crippen LogP contribution < -0.4 is 9.80 Å². The molecule has 1 aromatic carbocycles. The number of anilines is 2. The highest BCUT2D eigenvalue weighted by Crippen LogP contribution is 2.26. The van der Waals surface area contributed by atoms with Gasteiger partial charge in [0.05, 0.1) is 5.52 Å². The van der Waals surface area contributed by atoms with Crippen LogP contribution >= 0.6 is 0 Å². The van der Waals surface area contributed by atoms with Gasteiger partial charge in [0.15, 0.2) is 11.5 Å². The molecule has 152 valence electrons. The van der Waals surface area contributed by atoms with E-state index in [2.05, 4.69) is 25.8 Å².